The molecule has 1 unspecified atom stereocenters. The number of amides is 1. The lowest BCUT2D eigenvalue weighted by Crippen LogP contribution is -2.25. The summed E-state index contributed by atoms with van der Waals surface area (Å²) in [6, 6.07) is 8.10. The second kappa shape index (κ2) is 5.60. The zero-order chi connectivity index (χ0) is 13.9. The highest BCUT2D eigenvalue weighted by molar-refractivity contribution is 5.93. The Labute approximate surface area is 115 Å². The first-order valence-electron chi connectivity index (χ1n) is 7.04. The van der Waals surface area contributed by atoms with E-state index in [9.17, 15) is 4.79 Å². The number of hydrogen-bond donors (Lipinski definition) is 1. The van der Waals surface area contributed by atoms with Crippen LogP contribution >= 0.6 is 0 Å². The molecule has 1 aromatic rings. The van der Waals surface area contributed by atoms with Crippen molar-refractivity contribution in [3.8, 4) is 0 Å². The zero-order valence-electron chi connectivity index (χ0n) is 12.1. The molecule has 1 atom stereocenters. The SMILES string of the molecule is CC(C)(C)c1ccccc1NC(=O)C1CC=CCC1. The number of carbonyl (C=O) groups is 1. The van der Waals surface area contributed by atoms with Gasteiger partial charge in [0.1, 0.15) is 0 Å². The van der Waals surface area contributed by atoms with E-state index in [4.69, 9.17) is 0 Å². The van der Waals surface area contributed by atoms with Gasteiger partial charge in [0.2, 0.25) is 5.91 Å². The number of allylic oxidation sites excluding steroid dienone is 2. The average Bonchev–Trinajstić information content (AvgIpc) is 2.39. The molecule has 1 aliphatic carbocycles. The summed E-state index contributed by atoms with van der Waals surface area (Å²) in [7, 11) is 0. The molecule has 1 aromatic carbocycles. The number of para-hydroxylation sites is 1. The third-order valence-corrected chi connectivity index (χ3v) is 3.63. The van der Waals surface area contributed by atoms with Crippen molar-refractivity contribution < 1.29 is 4.79 Å². The second-order valence-electron chi connectivity index (χ2n) is 6.27. The topological polar surface area (TPSA) is 29.1 Å². The molecule has 0 heterocycles. The third-order valence-electron chi connectivity index (χ3n) is 3.63. The summed E-state index contributed by atoms with van der Waals surface area (Å²) < 4.78 is 0. The maximum absolute atomic E-state index is 12.3. The molecule has 1 amide bonds. The van der Waals surface area contributed by atoms with Crippen molar-refractivity contribution >= 4 is 11.6 Å². The first-order chi connectivity index (χ1) is 8.98. The van der Waals surface area contributed by atoms with Gasteiger partial charge in [0.05, 0.1) is 0 Å². The number of benzene rings is 1. The highest BCUT2D eigenvalue weighted by Crippen LogP contribution is 2.30. The smallest absolute Gasteiger partial charge is 0.227 e. The van der Waals surface area contributed by atoms with Crippen LogP contribution in [0, 0.1) is 5.92 Å². The first-order valence-corrected chi connectivity index (χ1v) is 7.04. The van der Waals surface area contributed by atoms with Crippen molar-refractivity contribution in [1.82, 2.24) is 0 Å². The van der Waals surface area contributed by atoms with Gasteiger partial charge in [-0.2, -0.15) is 0 Å². The van der Waals surface area contributed by atoms with Gasteiger partial charge in [-0.05, 0) is 36.3 Å². The van der Waals surface area contributed by atoms with E-state index >= 15 is 0 Å². The predicted octanol–water partition coefficient (Wildman–Crippen LogP) is 4.28. The molecule has 2 nitrogen and oxygen atoms in total. The summed E-state index contributed by atoms with van der Waals surface area (Å²) in [5.74, 6) is 0.277. The van der Waals surface area contributed by atoms with Gasteiger partial charge < -0.3 is 5.32 Å². The molecule has 0 aliphatic heterocycles. The summed E-state index contributed by atoms with van der Waals surface area (Å²) in [5.41, 5.74) is 2.18. The number of hydrogen-bond acceptors (Lipinski definition) is 1. The Balaban J connectivity index is 2.15. The number of anilines is 1. The van der Waals surface area contributed by atoms with Crippen molar-refractivity contribution in [2.24, 2.45) is 5.92 Å². The van der Waals surface area contributed by atoms with Crippen LogP contribution in [-0.4, -0.2) is 5.91 Å². The minimum atomic E-state index is 0.0380. The number of rotatable bonds is 2. The zero-order valence-corrected chi connectivity index (χ0v) is 12.1. The lowest BCUT2D eigenvalue weighted by atomic mass is 9.85. The van der Waals surface area contributed by atoms with E-state index in [0.717, 1.165) is 24.9 Å². The number of carbonyl (C=O) groups excluding carboxylic acids is 1. The largest absolute Gasteiger partial charge is 0.326 e. The first kappa shape index (κ1) is 13.9. The van der Waals surface area contributed by atoms with E-state index in [1.165, 1.54) is 5.56 Å². The van der Waals surface area contributed by atoms with E-state index in [2.05, 4.69) is 44.3 Å². The van der Waals surface area contributed by atoms with Crippen LogP contribution in [0.2, 0.25) is 0 Å². The van der Waals surface area contributed by atoms with Gasteiger partial charge >= 0.3 is 0 Å². The Hall–Kier alpha value is -1.57. The molecule has 1 aliphatic rings. The van der Waals surface area contributed by atoms with Gasteiger partial charge in [-0.3, -0.25) is 4.79 Å². The lowest BCUT2D eigenvalue weighted by Gasteiger charge is -2.24. The van der Waals surface area contributed by atoms with Crippen LogP contribution in [0.4, 0.5) is 5.69 Å². The Bertz CT molecular complexity index is 482. The Morgan fingerprint density at radius 2 is 1.95 bits per heavy atom. The molecule has 0 fully saturated rings. The molecule has 1 N–H and O–H groups in total. The fourth-order valence-electron chi connectivity index (χ4n) is 2.51. The Kier molecular flexibility index (Phi) is 4.08. The normalized spacial score (nSPS) is 19.2. The summed E-state index contributed by atoms with van der Waals surface area (Å²) >= 11 is 0. The maximum Gasteiger partial charge on any atom is 0.227 e. The van der Waals surface area contributed by atoms with Crippen molar-refractivity contribution in [3.05, 3.63) is 42.0 Å². The monoisotopic (exact) mass is 257 g/mol. The van der Waals surface area contributed by atoms with Gasteiger partial charge in [0.15, 0.2) is 0 Å². The van der Waals surface area contributed by atoms with Crippen LogP contribution < -0.4 is 5.32 Å². The summed E-state index contributed by atoms with van der Waals surface area (Å²) in [4.78, 5) is 12.3. The molecular formula is C17H23NO. The highest BCUT2D eigenvalue weighted by Gasteiger charge is 2.22. The molecule has 102 valence electrons. The lowest BCUT2D eigenvalue weighted by molar-refractivity contribution is -0.120. The van der Waals surface area contributed by atoms with Crippen molar-refractivity contribution in [1.29, 1.82) is 0 Å². The summed E-state index contributed by atoms with van der Waals surface area (Å²) in [6.45, 7) is 6.50. The minimum Gasteiger partial charge on any atom is -0.326 e. The summed E-state index contributed by atoms with van der Waals surface area (Å²) in [5, 5.41) is 3.11. The van der Waals surface area contributed by atoms with Crippen LogP contribution in [-0.2, 0) is 10.2 Å². The Morgan fingerprint density at radius 1 is 1.21 bits per heavy atom. The molecule has 2 rings (SSSR count). The highest BCUT2D eigenvalue weighted by atomic mass is 16.1. The molecule has 0 aromatic heterocycles. The Morgan fingerprint density at radius 3 is 2.58 bits per heavy atom. The van der Waals surface area contributed by atoms with E-state index in [-0.39, 0.29) is 17.2 Å². The molecule has 0 bridgehead atoms. The van der Waals surface area contributed by atoms with Crippen LogP contribution in [0.15, 0.2) is 36.4 Å². The second-order valence-corrected chi connectivity index (χ2v) is 6.27. The molecule has 0 saturated carbocycles. The quantitative estimate of drug-likeness (QED) is 0.787. The molecule has 0 radical (unpaired) electrons. The molecule has 19 heavy (non-hydrogen) atoms. The van der Waals surface area contributed by atoms with E-state index in [0.29, 0.717) is 0 Å². The van der Waals surface area contributed by atoms with Crippen molar-refractivity contribution in [2.75, 3.05) is 5.32 Å². The van der Waals surface area contributed by atoms with Crippen LogP contribution in [0.5, 0.6) is 0 Å². The van der Waals surface area contributed by atoms with Crippen LogP contribution in [0.25, 0.3) is 0 Å². The van der Waals surface area contributed by atoms with Crippen molar-refractivity contribution in [2.45, 2.75) is 45.4 Å². The van der Waals surface area contributed by atoms with Gasteiger partial charge in [-0.1, -0.05) is 51.1 Å². The molecule has 0 spiro atoms. The van der Waals surface area contributed by atoms with E-state index in [1.54, 1.807) is 0 Å². The van der Waals surface area contributed by atoms with Crippen LogP contribution in [0.3, 0.4) is 0 Å². The van der Waals surface area contributed by atoms with Gasteiger partial charge in [0.25, 0.3) is 0 Å². The number of nitrogens with one attached hydrogen (secondary N) is 1. The summed E-state index contributed by atoms with van der Waals surface area (Å²) in [6.07, 6.45) is 7.11. The molecule has 2 heteroatoms. The van der Waals surface area contributed by atoms with E-state index in [1.807, 2.05) is 18.2 Å². The van der Waals surface area contributed by atoms with Gasteiger partial charge in [-0.15, -0.1) is 0 Å². The molecular weight excluding hydrogens is 234 g/mol. The van der Waals surface area contributed by atoms with Crippen LogP contribution in [0.1, 0.15) is 45.6 Å². The average molecular weight is 257 g/mol. The standard InChI is InChI=1S/C17H23NO/c1-17(2,3)14-11-7-8-12-15(14)18-16(19)13-9-5-4-6-10-13/h4-5,7-8,11-13H,6,9-10H2,1-3H3,(H,18,19). The fourth-order valence-corrected chi connectivity index (χ4v) is 2.51. The van der Waals surface area contributed by atoms with Crippen molar-refractivity contribution in [3.63, 3.8) is 0 Å². The molecule has 0 saturated heterocycles. The van der Waals surface area contributed by atoms with E-state index < -0.39 is 0 Å². The fraction of sp³-hybridized carbons (Fsp3) is 0.471. The van der Waals surface area contributed by atoms with Gasteiger partial charge in [-0.25, -0.2) is 0 Å². The minimum absolute atomic E-state index is 0.0380. The third kappa shape index (κ3) is 3.46. The van der Waals surface area contributed by atoms with Gasteiger partial charge in [0, 0.05) is 11.6 Å². The maximum atomic E-state index is 12.3. The predicted molar refractivity (Wildman–Crippen MR) is 80.3 cm³/mol.